The van der Waals surface area contributed by atoms with Gasteiger partial charge in [0, 0.05) is 32.7 Å². The lowest BCUT2D eigenvalue weighted by Crippen LogP contribution is -2.63. The molecular weight excluding hydrogens is 260 g/mol. The summed E-state index contributed by atoms with van der Waals surface area (Å²) in [5.41, 5.74) is 5.67. The Balaban J connectivity index is 2.68. The first-order chi connectivity index (χ1) is 9.24. The van der Waals surface area contributed by atoms with Crippen molar-refractivity contribution in [2.75, 3.05) is 26.3 Å². The first-order valence-corrected chi connectivity index (χ1v) is 7.25. The number of nitrogens with zero attached hydrogens (tertiary/aromatic N) is 1. The van der Waals surface area contributed by atoms with Crippen molar-refractivity contribution in [3.8, 4) is 0 Å². The molecule has 1 rings (SSSR count). The number of nitrogens with two attached hydrogens (primary N) is 1. The van der Waals surface area contributed by atoms with Crippen LogP contribution in [0, 0.1) is 0 Å². The van der Waals surface area contributed by atoms with Gasteiger partial charge in [0.05, 0.1) is 6.04 Å². The average Bonchev–Trinajstić information content (AvgIpc) is 2.31. The van der Waals surface area contributed by atoms with E-state index in [1.165, 1.54) is 0 Å². The van der Waals surface area contributed by atoms with Gasteiger partial charge in [0.2, 0.25) is 0 Å². The Labute approximate surface area is 121 Å². The monoisotopic (exact) mass is 288 g/mol. The van der Waals surface area contributed by atoms with Crippen LogP contribution < -0.4 is 5.73 Å². The van der Waals surface area contributed by atoms with Gasteiger partial charge in [-0.05, 0) is 34.6 Å². The highest BCUT2D eigenvalue weighted by atomic mass is 16.7. The van der Waals surface area contributed by atoms with Crippen molar-refractivity contribution in [2.45, 2.75) is 58.5 Å². The summed E-state index contributed by atoms with van der Waals surface area (Å²) in [5, 5.41) is 0. The van der Waals surface area contributed by atoms with E-state index in [0.29, 0.717) is 32.7 Å². The number of amides is 1. The lowest BCUT2D eigenvalue weighted by molar-refractivity contribution is -0.260. The molecule has 1 saturated heterocycles. The van der Waals surface area contributed by atoms with Crippen LogP contribution in [0.25, 0.3) is 0 Å². The third kappa shape index (κ3) is 4.33. The van der Waals surface area contributed by atoms with Crippen LogP contribution in [0.15, 0.2) is 0 Å². The number of carbonyl (C=O) groups is 1. The van der Waals surface area contributed by atoms with E-state index in [2.05, 4.69) is 0 Å². The molecule has 1 aliphatic heterocycles. The van der Waals surface area contributed by atoms with E-state index in [4.69, 9.17) is 19.9 Å². The van der Waals surface area contributed by atoms with Gasteiger partial charge in [0.15, 0.2) is 5.79 Å². The molecule has 1 amide bonds. The van der Waals surface area contributed by atoms with Crippen LogP contribution in [0.5, 0.6) is 0 Å². The Kier molecular flexibility index (Phi) is 5.79. The predicted molar refractivity (Wildman–Crippen MR) is 76.4 cm³/mol. The van der Waals surface area contributed by atoms with E-state index in [1.54, 1.807) is 4.90 Å². The topological polar surface area (TPSA) is 74.0 Å². The van der Waals surface area contributed by atoms with Gasteiger partial charge < -0.3 is 24.8 Å². The molecule has 0 saturated carbocycles. The first-order valence-electron chi connectivity index (χ1n) is 7.25. The maximum atomic E-state index is 12.1. The minimum Gasteiger partial charge on any atom is -0.444 e. The molecule has 0 unspecified atom stereocenters. The van der Waals surface area contributed by atoms with Crippen molar-refractivity contribution < 1.29 is 19.0 Å². The fraction of sp³-hybridized carbons (Fsp3) is 0.929. The van der Waals surface area contributed by atoms with Crippen LogP contribution in [0.1, 0.15) is 41.0 Å². The van der Waals surface area contributed by atoms with Crippen LogP contribution in [-0.2, 0) is 14.2 Å². The molecule has 1 heterocycles. The number of likely N-dealkylation sites (tertiary alicyclic amines) is 1. The van der Waals surface area contributed by atoms with Crippen molar-refractivity contribution in [2.24, 2.45) is 5.73 Å². The van der Waals surface area contributed by atoms with Crippen LogP contribution in [-0.4, -0.2) is 54.7 Å². The van der Waals surface area contributed by atoms with Gasteiger partial charge >= 0.3 is 6.09 Å². The normalized spacial score (nSPS) is 22.7. The molecule has 0 bridgehead atoms. The molecule has 20 heavy (non-hydrogen) atoms. The van der Waals surface area contributed by atoms with Crippen LogP contribution in [0.4, 0.5) is 4.79 Å². The van der Waals surface area contributed by atoms with Gasteiger partial charge in [-0.25, -0.2) is 4.79 Å². The van der Waals surface area contributed by atoms with E-state index < -0.39 is 11.4 Å². The van der Waals surface area contributed by atoms with E-state index in [-0.39, 0.29) is 12.1 Å². The molecule has 0 aromatic carbocycles. The van der Waals surface area contributed by atoms with E-state index in [0.717, 1.165) is 0 Å². The van der Waals surface area contributed by atoms with Gasteiger partial charge in [-0.1, -0.05) is 0 Å². The largest absolute Gasteiger partial charge is 0.444 e. The fourth-order valence-electron chi connectivity index (χ4n) is 2.33. The van der Waals surface area contributed by atoms with E-state index in [1.807, 2.05) is 34.6 Å². The van der Waals surface area contributed by atoms with Crippen LogP contribution in [0.2, 0.25) is 0 Å². The number of carbonyl (C=O) groups excluding carboxylic acids is 1. The number of ether oxygens (including phenoxy) is 3. The minimum absolute atomic E-state index is 0.338. The SMILES string of the molecule is CCOC1(OCC)CCN(C(=O)OC(C)(C)C)C[C@@H]1N. The predicted octanol–water partition coefficient (Wildman–Crippen LogP) is 1.72. The summed E-state index contributed by atoms with van der Waals surface area (Å²) in [4.78, 5) is 13.7. The zero-order chi connectivity index (χ0) is 15.4. The Bertz CT molecular complexity index is 322. The zero-order valence-electron chi connectivity index (χ0n) is 13.3. The van der Waals surface area contributed by atoms with Crippen molar-refractivity contribution in [1.29, 1.82) is 0 Å². The number of hydrogen-bond acceptors (Lipinski definition) is 5. The molecule has 0 spiro atoms. The summed E-state index contributed by atoms with van der Waals surface area (Å²) in [6.07, 6.45) is 0.212. The zero-order valence-corrected chi connectivity index (χ0v) is 13.3. The number of rotatable bonds is 4. The summed E-state index contributed by atoms with van der Waals surface area (Å²) < 4.78 is 16.8. The second kappa shape index (κ2) is 6.74. The Hall–Kier alpha value is -0.850. The molecule has 0 radical (unpaired) electrons. The Morgan fingerprint density at radius 2 is 1.85 bits per heavy atom. The van der Waals surface area contributed by atoms with Crippen molar-refractivity contribution in [1.82, 2.24) is 4.90 Å². The molecule has 2 N–H and O–H groups in total. The summed E-state index contributed by atoms with van der Waals surface area (Å²) in [6.45, 7) is 11.3. The molecule has 6 nitrogen and oxygen atoms in total. The molecule has 1 aliphatic rings. The van der Waals surface area contributed by atoms with Gasteiger partial charge in [-0.2, -0.15) is 0 Å². The van der Waals surface area contributed by atoms with E-state index >= 15 is 0 Å². The third-order valence-corrected chi connectivity index (χ3v) is 3.14. The maximum absolute atomic E-state index is 12.1. The summed E-state index contributed by atoms with van der Waals surface area (Å²) in [5.74, 6) is -0.790. The second-order valence-electron chi connectivity index (χ2n) is 5.96. The molecule has 0 aromatic heterocycles. The molecule has 6 heteroatoms. The highest BCUT2D eigenvalue weighted by Gasteiger charge is 2.44. The summed E-state index contributed by atoms with van der Waals surface area (Å²) in [7, 11) is 0. The van der Waals surface area contributed by atoms with Gasteiger partial charge in [0.1, 0.15) is 5.60 Å². The van der Waals surface area contributed by atoms with Crippen LogP contribution >= 0.6 is 0 Å². The second-order valence-corrected chi connectivity index (χ2v) is 5.96. The summed E-state index contributed by atoms with van der Waals surface area (Å²) in [6, 6.07) is -0.385. The van der Waals surface area contributed by atoms with Crippen molar-refractivity contribution in [3.63, 3.8) is 0 Å². The lowest BCUT2D eigenvalue weighted by Gasteiger charge is -2.45. The quantitative estimate of drug-likeness (QED) is 0.797. The van der Waals surface area contributed by atoms with Crippen LogP contribution in [0.3, 0.4) is 0 Å². The van der Waals surface area contributed by atoms with Crippen molar-refractivity contribution in [3.05, 3.63) is 0 Å². The standard InChI is InChI=1S/C14H28N2O4/c1-6-18-14(19-7-2)8-9-16(10-11(14)15)12(17)20-13(3,4)5/h11H,6-10,15H2,1-5H3/t11-/m0/s1. The van der Waals surface area contributed by atoms with Gasteiger partial charge in [-0.15, -0.1) is 0 Å². The summed E-state index contributed by atoms with van der Waals surface area (Å²) >= 11 is 0. The number of piperidine rings is 1. The lowest BCUT2D eigenvalue weighted by atomic mass is 9.98. The highest BCUT2D eigenvalue weighted by molar-refractivity contribution is 5.68. The smallest absolute Gasteiger partial charge is 0.410 e. The fourth-order valence-corrected chi connectivity index (χ4v) is 2.33. The molecule has 1 fully saturated rings. The molecule has 1 atom stereocenters. The molecule has 118 valence electrons. The van der Waals surface area contributed by atoms with E-state index in [9.17, 15) is 4.79 Å². The minimum atomic E-state index is -0.790. The Morgan fingerprint density at radius 3 is 2.25 bits per heavy atom. The number of hydrogen-bond donors (Lipinski definition) is 1. The molecular formula is C14H28N2O4. The Morgan fingerprint density at radius 1 is 1.30 bits per heavy atom. The maximum Gasteiger partial charge on any atom is 0.410 e. The van der Waals surface area contributed by atoms with Crippen molar-refractivity contribution >= 4 is 6.09 Å². The average molecular weight is 288 g/mol. The molecule has 0 aromatic rings. The third-order valence-electron chi connectivity index (χ3n) is 3.14. The van der Waals surface area contributed by atoms with Gasteiger partial charge in [0.25, 0.3) is 0 Å². The van der Waals surface area contributed by atoms with Gasteiger partial charge in [-0.3, -0.25) is 0 Å². The molecule has 0 aliphatic carbocycles. The first kappa shape index (κ1) is 17.2. The highest BCUT2D eigenvalue weighted by Crippen LogP contribution is 2.28.